The predicted molar refractivity (Wildman–Crippen MR) is 96.5 cm³/mol. The second-order valence-electron chi connectivity index (χ2n) is 7.03. The highest BCUT2D eigenvalue weighted by Crippen LogP contribution is 2.29. The van der Waals surface area contributed by atoms with Crippen molar-refractivity contribution in [2.75, 3.05) is 5.32 Å². The Balaban J connectivity index is 1.85. The van der Waals surface area contributed by atoms with E-state index in [1.165, 1.54) is 21.8 Å². The summed E-state index contributed by atoms with van der Waals surface area (Å²) in [5, 5.41) is 7.32. The van der Waals surface area contributed by atoms with Gasteiger partial charge < -0.3 is 5.32 Å². The second kappa shape index (κ2) is 6.16. The van der Waals surface area contributed by atoms with Crippen molar-refractivity contribution in [3.8, 4) is 0 Å². The van der Waals surface area contributed by atoms with Crippen molar-refractivity contribution < 1.29 is 4.79 Å². The van der Waals surface area contributed by atoms with Gasteiger partial charge in [0, 0.05) is 12.7 Å². The first-order valence-corrected chi connectivity index (χ1v) is 8.04. The third-order valence-electron chi connectivity index (χ3n) is 4.04. The summed E-state index contributed by atoms with van der Waals surface area (Å²) in [6, 6.07) is 7.68. The SMILES string of the molecule is Cn1ncc2c(=O)n(CC(=O)Nc3ccccc3C(C)(C)C)cnc21. The van der Waals surface area contributed by atoms with Crippen LogP contribution in [0.4, 0.5) is 5.69 Å². The molecule has 0 saturated heterocycles. The molecule has 0 aliphatic heterocycles. The largest absolute Gasteiger partial charge is 0.324 e. The molecule has 7 heteroatoms. The number of carbonyl (C=O) groups is 1. The number of fused-ring (bicyclic) bond motifs is 1. The fourth-order valence-corrected chi connectivity index (χ4v) is 2.77. The number of hydrogen-bond donors (Lipinski definition) is 1. The molecule has 0 aliphatic rings. The third-order valence-corrected chi connectivity index (χ3v) is 4.04. The van der Waals surface area contributed by atoms with Crippen molar-refractivity contribution >= 4 is 22.6 Å². The lowest BCUT2D eigenvalue weighted by Gasteiger charge is -2.23. The number of aromatic nitrogens is 4. The Labute approximate surface area is 145 Å². The summed E-state index contributed by atoms with van der Waals surface area (Å²) in [4.78, 5) is 29.1. The molecule has 7 nitrogen and oxygen atoms in total. The number of benzene rings is 1. The van der Waals surface area contributed by atoms with Gasteiger partial charge in [-0.05, 0) is 17.0 Å². The van der Waals surface area contributed by atoms with Crippen molar-refractivity contribution in [3.63, 3.8) is 0 Å². The summed E-state index contributed by atoms with van der Waals surface area (Å²) < 4.78 is 2.82. The standard InChI is InChI=1S/C18H21N5O2/c1-18(2,3)13-7-5-6-8-14(13)21-15(24)10-23-11-19-16-12(17(23)25)9-20-22(16)4/h5-9,11H,10H2,1-4H3,(H,21,24). The van der Waals surface area contributed by atoms with E-state index in [1.807, 2.05) is 24.3 Å². The molecule has 130 valence electrons. The summed E-state index contributed by atoms with van der Waals surface area (Å²) in [7, 11) is 1.72. The third kappa shape index (κ3) is 3.31. The maximum atomic E-state index is 12.4. The summed E-state index contributed by atoms with van der Waals surface area (Å²) in [6.07, 6.45) is 2.84. The number of carbonyl (C=O) groups excluding carboxylic acids is 1. The average Bonchev–Trinajstić information content (AvgIpc) is 2.91. The number of nitrogens with one attached hydrogen (secondary N) is 1. The van der Waals surface area contributed by atoms with Crippen LogP contribution in [-0.4, -0.2) is 25.2 Å². The van der Waals surface area contributed by atoms with Gasteiger partial charge in [-0.25, -0.2) is 4.98 Å². The quantitative estimate of drug-likeness (QED) is 0.792. The van der Waals surface area contributed by atoms with Crippen LogP contribution >= 0.6 is 0 Å². The summed E-state index contributed by atoms with van der Waals surface area (Å²) in [5.74, 6) is -0.274. The molecule has 2 aromatic heterocycles. The molecule has 1 amide bonds. The van der Waals surface area contributed by atoms with Gasteiger partial charge in [-0.1, -0.05) is 39.0 Å². The monoisotopic (exact) mass is 339 g/mol. The normalized spacial score (nSPS) is 11.7. The first kappa shape index (κ1) is 16.9. The smallest absolute Gasteiger partial charge is 0.264 e. The first-order valence-electron chi connectivity index (χ1n) is 8.04. The van der Waals surface area contributed by atoms with E-state index in [1.54, 1.807) is 7.05 Å². The summed E-state index contributed by atoms with van der Waals surface area (Å²) in [6.45, 7) is 6.16. The maximum absolute atomic E-state index is 12.4. The average molecular weight is 339 g/mol. The lowest BCUT2D eigenvalue weighted by atomic mass is 9.86. The molecule has 25 heavy (non-hydrogen) atoms. The molecule has 0 fully saturated rings. The number of nitrogens with zero attached hydrogens (tertiary/aromatic N) is 4. The van der Waals surface area contributed by atoms with Gasteiger partial charge in [-0.15, -0.1) is 0 Å². The van der Waals surface area contributed by atoms with E-state index in [-0.39, 0.29) is 23.4 Å². The maximum Gasteiger partial charge on any atom is 0.264 e. The van der Waals surface area contributed by atoms with E-state index in [9.17, 15) is 9.59 Å². The Bertz CT molecular complexity index is 995. The topological polar surface area (TPSA) is 81.8 Å². The molecule has 3 rings (SSSR count). The highest BCUT2D eigenvalue weighted by atomic mass is 16.2. The van der Waals surface area contributed by atoms with E-state index in [2.05, 4.69) is 36.2 Å². The van der Waals surface area contributed by atoms with Gasteiger partial charge in [0.15, 0.2) is 5.65 Å². The minimum atomic E-state index is -0.280. The van der Waals surface area contributed by atoms with Crippen LogP contribution in [0.1, 0.15) is 26.3 Å². The highest BCUT2D eigenvalue weighted by Gasteiger charge is 2.19. The zero-order valence-corrected chi connectivity index (χ0v) is 14.8. The number of hydrogen-bond acceptors (Lipinski definition) is 4. The molecule has 0 atom stereocenters. The molecule has 0 aliphatic carbocycles. The van der Waals surface area contributed by atoms with Crippen LogP contribution in [0.3, 0.4) is 0 Å². The minimum Gasteiger partial charge on any atom is -0.324 e. The predicted octanol–water partition coefficient (Wildman–Crippen LogP) is 2.07. The van der Waals surface area contributed by atoms with Crippen molar-refractivity contribution in [1.82, 2.24) is 19.3 Å². The molecule has 2 heterocycles. The van der Waals surface area contributed by atoms with Gasteiger partial charge in [-0.3, -0.25) is 18.8 Å². The zero-order chi connectivity index (χ0) is 18.2. The molecule has 1 aromatic carbocycles. The molecule has 0 radical (unpaired) electrons. The summed E-state index contributed by atoms with van der Waals surface area (Å²) >= 11 is 0. The van der Waals surface area contributed by atoms with Crippen molar-refractivity contribution in [3.05, 3.63) is 52.7 Å². The Hall–Kier alpha value is -2.96. The Morgan fingerprint density at radius 2 is 1.96 bits per heavy atom. The molecule has 0 unspecified atom stereocenters. The second-order valence-corrected chi connectivity index (χ2v) is 7.03. The summed E-state index contributed by atoms with van der Waals surface area (Å²) in [5.41, 5.74) is 1.91. The number of anilines is 1. The van der Waals surface area contributed by atoms with Crippen LogP contribution in [0, 0.1) is 0 Å². The van der Waals surface area contributed by atoms with E-state index in [0.717, 1.165) is 11.3 Å². The molecule has 1 N–H and O–H groups in total. The molecule has 3 aromatic rings. The van der Waals surface area contributed by atoms with E-state index >= 15 is 0 Å². The van der Waals surface area contributed by atoms with E-state index < -0.39 is 0 Å². The lowest BCUT2D eigenvalue weighted by Crippen LogP contribution is -2.28. The first-order chi connectivity index (χ1) is 11.8. The van der Waals surface area contributed by atoms with Gasteiger partial charge in [-0.2, -0.15) is 5.10 Å². The van der Waals surface area contributed by atoms with Crippen LogP contribution in [0.2, 0.25) is 0 Å². The number of amides is 1. The molecule has 0 spiro atoms. The molecule has 0 saturated carbocycles. The number of rotatable bonds is 3. The van der Waals surface area contributed by atoms with Gasteiger partial charge in [0.1, 0.15) is 18.3 Å². The molecular weight excluding hydrogens is 318 g/mol. The van der Waals surface area contributed by atoms with Crippen LogP contribution in [-0.2, 0) is 23.8 Å². The highest BCUT2D eigenvalue weighted by molar-refractivity contribution is 5.91. The van der Waals surface area contributed by atoms with E-state index in [0.29, 0.717) is 11.0 Å². The Kier molecular flexibility index (Phi) is 4.16. The zero-order valence-electron chi connectivity index (χ0n) is 14.8. The fourth-order valence-electron chi connectivity index (χ4n) is 2.77. The van der Waals surface area contributed by atoms with Gasteiger partial charge in [0.05, 0.1) is 6.20 Å². The minimum absolute atomic E-state index is 0.100. The van der Waals surface area contributed by atoms with Crippen LogP contribution in [0.5, 0.6) is 0 Å². The van der Waals surface area contributed by atoms with Gasteiger partial charge >= 0.3 is 0 Å². The van der Waals surface area contributed by atoms with Crippen molar-refractivity contribution in [2.45, 2.75) is 32.7 Å². The molecule has 0 bridgehead atoms. The van der Waals surface area contributed by atoms with Gasteiger partial charge in [0.25, 0.3) is 5.56 Å². The Morgan fingerprint density at radius 1 is 1.24 bits per heavy atom. The number of para-hydroxylation sites is 1. The molecular formula is C18H21N5O2. The Morgan fingerprint density at radius 3 is 2.68 bits per heavy atom. The van der Waals surface area contributed by atoms with Crippen LogP contribution < -0.4 is 10.9 Å². The van der Waals surface area contributed by atoms with E-state index in [4.69, 9.17) is 0 Å². The van der Waals surface area contributed by atoms with Crippen molar-refractivity contribution in [1.29, 1.82) is 0 Å². The van der Waals surface area contributed by atoms with Crippen molar-refractivity contribution in [2.24, 2.45) is 7.05 Å². The van der Waals surface area contributed by atoms with Gasteiger partial charge in [0.2, 0.25) is 5.91 Å². The lowest BCUT2D eigenvalue weighted by molar-refractivity contribution is -0.116. The number of aryl methyl sites for hydroxylation is 1. The van der Waals surface area contributed by atoms with Crippen LogP contribution in [0.25, 0.3) is 11.0 Å². The fraction of sp³-hybridized carbons (Fsp3) is 0.333. The van der Waals surface area contributed by atoms with Crippen LogP contribution in [0.15, 0.2) is 41.6 Å².